The third-order valence-corrected chi connectivity index (χ3v) is 7.98. The molecule has 2 saturated heterocycles. The average molecular weight is 592 g/mol. The number of rotatable bonds is 9. The van der Waals surface area contributed by atoms with Crippen molar-refractivity contribution < 1.29 is 43.3 Å². The van der Waals surface area contributed by atoms with Gasteiger partial charge in [0, 0.05) is 4.75 Å². The predicted molar refractivity (Wildman–Crippen MR) is 142 cm³/mol. The fourth-order valence-corrected chi connectivity index (χ4v) is 6.18. The number of amides is 3. The highest BCUT2D eigenvalue weighted by Gasteiger charge is 2.64. The first-order valence-corrected chi connectivity index (χ1v) is 13.4. The zero-order chi connectivity index (χ0) is 29.0. The molecule has 40 heavy (non-hydrogen) atoms. The van der Waals surface area contributed by atoms with Gasteiger partial charge in [0.25, 0.3) is 0 Å². The Morgan fingerprint density at radius 2 is 1.75 bits per heavy atom. The van der Waals surface area contributed by atoms with E-state index in [4.69, 9.17) is 21.1 Å². The molecule has 4 atom stereocenters. The molecule has 0 saturated carbocycles. The summed E-state index contributed by atoms with van der Waals surface area (Å²) in [4.78, 5) is 63.5. The van der Waals surface area contributed by atoms with Crippen LogP contribution in [-0.4, -0.2) is 68.3 Å². The molecule has 2 heterocycles. The van der Waals surface area contributed by atoms with Gasteiger partial charge in [-0.3, -0.25) is 9.59 Å². The molecular formula is C26H26ClN3O9S. The number of alkyl carbamates (subject to hydrolysis) is 1. The Labute approximate surface area is 238 Å². The number of nitrogens with zero attached hydrogens (tertiary/aromatic N) is 1. The number of hydrogen-bond donors (Lipinski definition) is 3. The lowest BCUT2D eigenvalue weighted by atomic mass is 9.95. The van der Waals surface area contributed by atoms with Crippen molar-refractivity contribution in [1.82, 2.24) is 15.5 Å². The van der Waals surface area contributed by atoms with E-state index >= 15 is 0 Å². The van der Waals surface area contributed by atoms with Crippen LogP contribution in [-0.2, 0) is 30.5 Å². The van der Waals surface area contributed by atoms with Gasteiger partial charge in [-0.2, -0.15) is 0 Å². The van der Waals surface area contributed by atoms with E-state index in [0.29, 0.717) is 5.56 Å². The summed E-state index contributed by atoms with van der Waals surface area (Å²) in [6, 6.07) is 10.8. The van der Waals surface area contributed by atoms with Crippen LogP contribution >= 0.6 is 23.4 Å². The van der Waals surface area contributed by atoms with E-state index in [9.17, 15) is 29.1 Å². The van der Waals surface area contributed by atoms with Crippen LogP contribution in [0.15, 0.2) is 54.6 Å². The summed E-state index contributed by atoms with van der Waals surface area (Å²) in [6.45, 7) is 3.40. The van der Waals surface area contributed by atoms with Gasteiger partial charge >= 0.3 is 18.2 Å². The zero-order valence-corrected chi connectivity index (χ0v) is 22.9. The van der Waals surface area contributed by atoms with E-state index < -0.39 is 64.3 Å². The SMILES string of the molecule is CC1(C)S[C@@H]2[C@H](NC(=O)C(NC(=O)OCc3ccccc3)c3ccc(OC(=O)OCCl)cc3)C(=O)N2[C@H]1C(=O)O. The first-order valence-electron chi connectivity index (χ1n) is 12.0. The molecule has 2 aliphatic rings. The van der Waals surface area contributed by atoms with Crippen molar-refractivity contribution in [3.8, 4) is 5.75 Å². The Morgan fingerprint density at radius 3 is 2.38 bits per heavy atom. The average Bonchev–Trinajstić information content (AvgIpc) is 3.18. The van der Waals surface area contributed by atoms with Crippen molar-refractivity contribution in [3.05, 3.63) is 65.7 Å². The van der Waals surface area contributed by atoms with E-state index in [1.165, 1.54) is 40.9 Å². The van der Waals surface area contributed by atoms with Gasteiger partial charge in [-0.15, -0.1) is 11.8 Å². The minimum absolute atomic E-state index is 0.0447. The number of nitrogens with one attached hydrogen (secondary N) is 2. The quantitative estimate of drug-likeness (QED) is 0.171. The molecule has 3 amide bonds. The summed E-state index contributed by atoms with van der Waals surface area (Å²) in [5.41, 5.74) is 1.02. The van der Waals surface area contributed by atoms with Crippen molar-refractivity contribution >= 4 is 53.4 Å². The standard InChI is InChI=1S/C26H26ClN3O9S/c1-26(2)19(23(33)34)30-21(32)18(22(30)40-26)28-20(31)17(29-24(35)37-12-14-6-4-3-5-7-14)15-8-10-16(11-9-15)39-25(36)38-13-27/h3-11,17-19,22H,12-13H2,1-2H3,(H,28,31)(H,29,35)(H,33,34)/t17?,18-,19+,22-/m1/s1. The molecule has 2 fully saturated rings. The van der Waals surface area contributed by atoms with Crippen LogP contribution in [0, 0.1) is 0 Å². The molecule has 0 aromatic heterocycles. The zero-order valence-electron chi connectivity index (χ0n) is 21.4. The molecule has 0 aliphatic carbocycles. The number of carbonyl (C=O) groups excluding carboxylic acids is 4. The largest absolute Gasteiger partial charge is 0.515 e. The summed E-state index contributed by atoms with van der Waals surface area (Å²) in [5.74, 6) is -2.28. The monoisotopic (exact) mass is 591 g/mol. The molecular weight excluding hydrogens is 566 g/mol. The van der Waals surface area contributed by atoms with Gasteiger partial charge in [-0.25, -0.2) is 14.4 Å². The summed E-state index contributed by atoms with van der Waals surface area (Å²) in [6.07, 6.45) is -1.91. The summed E-state index contributed by atoms with van der Waals surface area (Å²) >= 11 is 6.62. The number of alkyl halides is 1. The number of hydrogen-bond acceptors (Lipinski definition) is 9. The van der Waals surface area contributed by atoms with Crippen molar-refractivity contribution in [2.75, 3.05) is 6.07 Å². The van der Waals surface area contributed by atoms with E-state index in [1.807, 2.05) is 6.07 Å². The number of thioether (sulfide) groups is 1. The lowest BCUT2D eigenvalue weighted by Gasteiger charge is -2.44. The van der Waals surface area contributed by atoms with Crippen LogP contribution in [0.2, 0.25) is 0 Å². The predicted octanol–water partition coefficient (Wildman–Crippen LogP) is 3.00. The fraction of sp³-hybridized carbons (Fsp3) is 0.346. The molecule has 212 valence electrons. The smallest absolute Gasteiger partial charge is 0.480 e. The van der Waals surface area contributed by atoms with Gasteiger partial charge in [0.05, 0.1) is 0 Å². The minimum Gasteiger partial charge on any atom is -0.480 e. The molecule has 2 aromatic carbocycles. The van der Waals surface area contributed by atoms with Gasteiger partial charge in [-0.1, -0.05) is 54.1 Å². The molecule has 2 aromatic rings. The third kappa shape index (κ3) is 6.26. The summed E-state index contributed by atoms with van der Waals surface area (Å²) in [7, 11) is 0. The molecule has 1 unspecified atom stereocenters. The van der Waals surface area contributed by atoms with Crippen LogP contribution in [0.1, 0.15) is 31.0 Å². The highest BCUT2D eigenvalue weighted by Crippen LogP contribution is 2.50. The number of carboxylic acid groups (broad SMARTS) is 1. The Hall–Kier alpha value is -3.97. The second-order valence-electron chi connectivity index (χ2n) is 9.40. The van der Waals surface area contributed by atoms with Crippen molar-refractivity contribution in [2.24, 2.45) is 0 Å². The lowest BCUT2D eigenvalue weighted by molar-refractivity contribution is -0.161. The second-order valence-corrected chi connectivity index (χ2v) is 11.4. The maximum atomic E-state index is 13.4. The topological polar surface area (TPSA) is 161 Å². The van der Waals surface area contributed by atoms with Gasteiger partial charge < -0.3 is 34.9 Å². The van der Waals surface area contributed by atoms with Crippen LogP contribution < -0.4 is 15.4 Å². The Morgan fingerprint density at radius 1 is 1.07 bits per heavy atom. The maximum absolute atomic E-state index is 13.4. The Balaban J connectivity index is 1.49. The fourth-order valence-electron chi connectivity index (χ4n) is 4.46. The number of benzene rings is 2. The van der Waals surface area contributed by atoms with Gasteiger partial charge in [0.1, 0.15) is 35.9 Å². The highest BCUT2D eigenvalue weighted by molar-refractivity contribution is 8.01. The number of halogens is 1. The number of carbonyl (C=O) groups is 5. The van der Waals surface area contributed by atoms with Crippen LogP contribution in [0.4, 0.5) is 9.59 Å². The first kappa shape index (κ1) is 29.0. The van der Waals surface area contributed by atoms with E-state index in [-0.39, 0.29) is 12.4 Å². The van der Waals surface area contributed by atoms with Crippen molar-refractivity contribution in [2.45, 2.75) is 48.7 Å². The van der Waals surface area contributed by atoms with Crippen LogP contribution in [0.3, 0.4) is 0 Å². The number of aliphatic carboxylic acids is 1. The van der Waals surface area contributed by atoms with Gasteiger partial charge in [0.15, 0.2) is 6.07 Å². The molecule has 3 N–H and O–H groups in total. The molecule has 14 heteroatoms. The first-order chi connectivity index (χ1) is 19.0. The Bertz CT molecular complexity index is 1290. The molecule has 0 bridgehead atoms. The number of carboxylic acids is 1. The van der Waals surface area contributed by atoms with Crippen LogP contribution in [0.25, 0.3) is 0 Å². The third-order valence-electron chi connectivity index (χ3n) is 6.30. The van der Waals surface area contributed by atoms with E-state index in [1.54, 1.807) is 38.1 Å². The van der Waals surface area contributed by atoms with Crippen molar-refractivity contribution in [1.29, 1.82) is 0 Å². The van der Waals surface area contributed by atoms with Crippen LogP contribution in [0.5, 0.6) is 5.75 Å². The minimum atomic E-state index is -1.30. The molecule has 2 aliphatic heterocycles. The van der Waals surface area contributed by atoms with E-state index in [0.717, 1.165) is 5.56 Å². The lowest BCUT2D eigenvalue weighted by Crippen LogP contribution is -2.71. The highest BCUT2D eigenvalue weighted by atomic mass is 35.5. The summed E-state index contributed by atoms with van der Waals surface area (Å²) < 4.78 is 14.0. The Kier molecular flexibility index (Phi) is 8.74. The number of ether oxygens (including phenoxy) is 3. The van der Waals surface area contributed by atoms with Gasteiger partial charge in [-0.05, 0) is 37.1 Å². The second kappa shape index (κ2) is 12.0. The number of fused-ring (bicyclic) bond motifs is 1. The molecule has 4 rings (SSSR count). The molecule has 0 radical (unpaired) electrons. The maximum Gasteiger partial charge on any atom is 0.515 e. The normalized spacial score (nSPS) is 21.3. The van der Waals surface area contributed by atoms with Crippen molar-refractivity contribution in [3.63, 3.8) is 0 Å². The van der Waals surface area contributed by atoms with E-state index in [2.05, 4.69) is 15.4 Å². The molecule has 12 nitrogen and oxygen atoms in total. The number of β-lactam (4-membered cyclic amide) rings is 1. The summed E-state index contributed by atoms with van der Waals surface area (Å²) in [5, 5.41) is 14.2. The molecule has 0 spiro atoms. The van der Waals surface area contributed by atoms with Gasteiger partial charge in [0.2, 0.25) is 11.8 Å².